The zero-order chi connectivity index (χ0) is 8.48. The Morgan fingerprint density at radius 2 is 1.92 bits per heavy atom. The van der Waals surface area contributed by atoms with Crippen molar-refractivity contribution in [1.29, 1.82) is 0 Å². The molecule has 0 aliphatic rings. The maximum Gasteiger partial charge on any atom is 0.175 e. The molecule has 3 N–H and O–H groups in total. The summed E-state index contributed by atoms with van der Waals surface area (Å²) in [5, 5.41) is 0. The van der Waals surface area contributed by atoms with Gasteiger partial charge < -0.3 is 18.1 Å². The van der Waals surface area contributed by atoms with Crippen LogP contribution in [0.2, 0.25) is 0 Å². The third-order valence-electron chi connectivity index (χ3n) is 1.33. The Morgan fingerprint density at radius 3 is 2.25 bits per heavy atom. The molecule has 0 aliphatic heterocycles. The van der Waals surface area contributed by atoms with Gasteiger partial charge in [0, 0.05) is 12.3 Å². The van der Waals surface area contributed by atoms with Crippen LogP contribution in [0.25, 0.3) is 0 Å². The van der Waals surface area contributed by atoms with Crippen LogP contribution in [0.5, 0.6) is 0 Å². The van der Waals surface area contributed by atoms with E-state index in [9.17, 15) is 8.42 Å². The highest BCUT2D eigenvalue weighted by Gasteiger charge is 2.06. The van der Waals surface area contributed by atoms with Gasteiger partial charge in [0.1, 0.15) is 5.69 Å². The molecular weight excluding hydrogens is 198 g/mol. The number of quaternary nitrogens is 1. The second kappa shape index (κ2) is 3.89. The molecule has 0 bridgehead atoms. The van der Waals surface area contributed by atoms with Crippen LogP contribution in [-0.2, 0) is 9.84 Å². The number of sulfone groups is 1. The molecule has 3 nitrogen and oxygen atoms in total. The monoisotopic (exact) mass is 207 g/mol. The molecule has 68 valence electrons. The number of rotatable bonds is 1. The van der Waals surface area contributed by atoms with E-state index >= 15 is 0 Å². The highest BCUT2D eigenvalue weighted by molar-refractivity contribution is 7.90. The minimum atomic E-state index is -3.07. The fraction of sp³-hybridized carbons (Fsp3) is 0.143. The van der Waals surface area contributed by atoms with Crippen molar-refractivity contribution in [3.05, 3.63) is 24.3 Å². The van der Waals surface area contributed by atoms with Crippen LogP contribution in [0.3, 0.4) is 0 Å². The smallest absolute Gasteiger partial charge is 0.175 e. The van der Waals surface area contributed by atoms with Crippen LogP contribution in [-0.4, -0.2) is 14.7 Å². The van der Waals surface area contributed by atoms with Crippen molar-refractivity contribution >= 4 is 15.5 Å². The van der Waals surface area contributed by atoms with Gasteiger partial charge in [0.15, 0.2) is 9.84 Å². The fourth-order valence-electron chi connectivity index (χ4n) is 0.776. The lowest BCUT2D eigenvalue weighted by molar-refractivity contribution is -0.255. The maximum atomic E-state index is 11.0. The van der Waals surface area contributed by atoms with Gasteiger partial charge in [-0.05, 0) is 12.1 Å². The number of halogens is 1. The molecule has 0 atom stereocenters. The normalized spacial score (nSPS) is 10.5. The van der Waals surface area contributed by atoms with Gasteiger partial charge in [0.25, 0.3) is 0 Å². The standard InChI is InChI=1S/C7H9NO2S.ClH/c1-11(9,10)7-4-2-3-6(8)5-7;/h2-5H,8H2,1H3;1H. The first-order valence-electron chi connectivity index (χ1n) is 3.12. The van der Waals surface area contributed by atoms with Crippen molar-refractivity contribution in [2.24, 2.45) is 0 Å². The Labute approximate surface area is 77.9 Å². The van der Waals surface area contributed by atoms with E-state index < -0.39 is 9.84 Å². The predicted octanol–water partition coefficient (Wildman–Crippen LogP) is -3.03. The SMILES string of the molecule is CS(=O)(=O)c1cccc([NH3+])c1.[Cl-]. The Morgan fingerprint density at radius 1 is 1.33 bits per heavy atom. The third kappa shape index (κ3) is 2.81. The van der Waals surface area contributed by atoms with Crippen LogP contribution in [0.4, 0.5) is 5.69 Å². The van der Waals surface area contributed by atoms with Gasteiger partial charge in [-0.3, -0.25) is 0 Å². The molecule has 1 aromatic rings. The molecule has 0 heterocycles. The van der Waals surface area contributed by atoms with Gasteiger partial charge in [-0.2, -0.15) is 0 Å². The average Bonchev–Trinajstić information content (AvgIpc) is 1.86. The van der Waals surface area contributed by atoms with E-state index in [4.69, 9.17) is 0 Å². The zero-order valence-electron chi connectivity index (χ0n) is 6.62. The highest BCUT2D eigenvalue weighted by Crippen LogP contribution is 2.10. The molecule has 0 aromatic heterocycles. The lowest BCUT2D eigenvalue weighted by Crippen LogP contribution is -3.00. The summed E-state index contributed by atoms with van der Waals surface area (Å²) in [6.07, 6.45) is 1.18. The van der Waals surface area contributed by atoms with Crippen LogP contribution in [0, 0.1) is 0 Å². The van der Waals surface area contributed by atoms with Crippen molar-refractivity contribution in [3.63, 3.8) is 0 Å². The maximum absolute atomic E-state index is 11.0. The summed E-state index contributed by atoms with van der Waals surface area (Å²) in [4.78, 5) is 0.324. The Balaban J connectivity index is 0.00000121. The lowest BCUT2D eigenvalue weighted by Gasteiger charge is -1.95. The van der Waals surface area contributed by atoms with Crippen molar-refractivity contribution in [1.82, 2.24) is 0 Å². The molecule has 0 fully saturated rings. The average molecular weight is 208 g/mol. The molecule has 12 heavy (non-hydrogen) atoms. The molecule has 5 heteroatoms. The number of hydrogen-bond acceptors (Lipinski definition) is 2. The van der Waals surface area contributed by atoms with Crippen molar-refractivity contribution in [3.8, 4) is 0 Å². The van der Waals surface area contributed by atoms with Crippen molar-refractivity contribution in [2.45, 2.75) is 4.90 Å². The molecule has 0 unspecified atom stereocenters. The summed E-state index contributed by atoms with van der Waals surface area (Å²) in [7, 11) is -3.07. The first-order chi connectivity index (χ1) is 5.00. The Kier molecular flexibility index (Phi) is 3.70. The van der Waals surface area contributed by atoms with Crippen molar-refractivity contribution < 1.29 is 26.6 Å². The summed E-state index contributed by atoms with van der Waals surface area (Å²) in [6, 6.07) is 6.55. The minimum Gasteiger partial charge on any atom is -1.00 e. The molecule has 1 rings (SSSR count). The Bertz CT molecular complexity index is 361. The zero-order valence-corrected chi connectivity index (χ0v) is 8.19. The molecule has 0 saturated carbocycles. The van der Waals surface area contributed by atoms with Crippen LogP contribution in [0.15, 0.2) is 29.2 Å². The summed E-state index contributed by atoms with van der Waals surface area (Å²) in [6.45, 7) is 0. The largest absolute Gasteiger partial charge is 1.00 e. The van der Waals surface area contributed by atoms with E-state index in [1.807, 2.05) is 0 Å². The molecule has 0 aliphatic carbocycles. The minimum absolute atomic E-state index is 0. The topological polar surface area (TPSA) is 61.8 Å². The van der Waals surface area contributed by atoms with E-state index in [1.165, 1.54) is 6.26 Å². The number of benzene rings is 1. The van der Waals surface area contributed by atoms with Crippen LogP contribution in [0.1, 0.15) is 0 Å². The second-order valence-corrected chi connectivity index (χ2v) is 4.44. The molecule has 0 amide bonds. The van der Waals surface area contributed by atoms with Gasteiger partial charge in [-0.1, -0.05) is 6.07 Å². The first-order valence-corrected chi connectivity index (χ1v) is 5.01. The second-order valence-electron chi connectivity index (χ2n) is 2.42. The van der Waals surface area contributed by atoms with Gasteiger partial charge in [0.2, 0.25) is 0 Å². The third-order valence-corrected chi connectivity index (χ3v) is 2.44. The summed E-state index contributed by atoms with van der Waals surface area (Å²) in [5.41, 5.74) is 4.35. The molecular formula is C7H10ClNO2S. The van der Waals surface area contributed by atoms with Crippen LogP contribution < -0.4 is 18.1 Å². The summed E-state index contributed by atoms with van der Waals surface area (Å²) in [5.74, 6) is 0. The lowest BCUT2D eigenvalue weighted by atomic mass is 10.3. The van der Waals surface area contributed by atoms with E-state index in [2.05, 4.69) is 5.73 Å². The van der Waals surface area contributed by atoms with Gasteiger partial charge in [-0.15, -0.1) is 0 Å². The van der Waals surface area contributed by atoms with E-state index in [1.54, 1.807) is 24.3 Å². The van der Waals surface area contributed by atoms with Gasteiger partial charge >= 0.3 is 0 Å². The van der Waals surface area contributed by atoms with Crippen molar-refractivity contribution in [2.75, 3.05) is 6.26 Å². The Hall–Kier alpha value is -0.580. The van der Waals surface area contributed by atoms with E-state index in [0.717, 1.165) is 0 Å². The molecule has 1 aromatic carbocycles. The van der Waals surface area contributed by atoms with Gasteiger partial charge in [0.05, 0.1) is 4.90 Å². The fourth-order valence-corrected chi connectivity index (χ4v) is 1.47. The molecule has 0 spiro atoms. The molecule has 0 saturated heterocycles. The van der Waals surface area contributed by atoms with E-state index in [-0.39, 0.29) is 12.4 Å². The molecule has 0 radical (unpaired) electrons. The summed E-state index contributed by atoms with van der Waals surface area (Å²) < 4.78 is 21.9. The highest BCUT2D eigenvalue weighted by atomic mass is 35.5. The quantitative estimate of drug-likeness (QED) is 0.533. The summed E-state index contributed by atoms with van der Waals surface area (Å²) >= 11 is 0. The predicted molar refractivity (Wildman–Crippen MR) is 42.1 cm³/mol. The first kappa shape index (κ1) is 11.4. The number of hydrogen-bond donors (Lipinski definition) is 1. The van der Waals surface area contributed by atoms with Crippen LogP contribution >= 0.6 is 0 Å². The van der Waals surface area contributed by atoms with Gasteiger partial charge in [-0.25, -0.2) is 8.42 Å². The van der Waals surface area contributed by atoms with E-state index in [0.29, 0.717) is 10.6 Å².